The van der Waals surface area contributed by atoms with Crippen LogP contribution in [0.2, 0.25) is 0 Å². The van der Waals surface area contributed by atoms with Crippen molar-refractivity contribution in [1.29, 1.82) is 0 Å². The van der Waals surface area contributed by atoms with E-state index in [1.165, 1.54) is 5.56 Å². The predicted molar refractivity (Wildman–Crippen MR) is 126 cm³/mol. The van der Waals surface area contributed by atoms with Crippen LogP contribution in [-0.4, -0.2) is 26.4 Å². The fraction of sp³-hybridized carbons (Fsp3) is 0.292. The normalized spacial score (nSPS) is 15.4. The second-order valence-corrected chi connectivity index (χ2v) is 8.82. The molecular formula is C24H27N5OS. The van der Waals surface area contributed by atoms with Crippen molar-refractivity contribution >= 4 is 29.3 Å². The number of allylic oxidation sites excluding steroid dienone is 1. The molecule has 0 saturated heterocycles. The molecule has 31 heavy (non-hydrogen) atoms. The van der Waals surface area contributed by atoms with Crippen LogP contribution in [0.15, 0.2) is 65.0 Å². The summed E-state index contributed by atoms with van der Waals surface area (Å²) in [6.07, 6.45) is 1.05. The Labute approximate surface area is 187 Å². The van der Waals surface area contributed by atoms with E-state index < -0.39 is 0 Å². The van der Waals surface area contributed by atoms with Crippen LogP contribution in [0.5, 0.6) is 0 Å². The van der Waals surface area contributed by atoms with Crippen LogP contribution in [0.3, 0.4) is 0 Å². The van der Waals surface area contributed by atoms with E-state index in [1.54, 1.807) is 11.8 Å². The zero-order valence-corrected chi connectivity index (χ0v) is 19.1. The third-order valence-electron chi connectivity index (χ3n) is 5.30. The molecule has 0 fully saturated rings. The van der Waals surface area contributed by atoms with Crippen molar-refractivity contribution in [3.05, 3.63) is 76.5 Å². The fourth-order valence-corrected chi connectivity index (χ4v) is 4.32. The lowest BCUT2D eigenvalue weighted by atomic mass is 9.94. The SMILES string of the molecule is CCCSc1nc2n(n1)C(c1ccc(C)cc1)C(C(=O)Nc1ccccc1C)=C(C)N2. The summed E-state index contributed by atoms with van der Waals surface area (Å²) in [5, 5.41) is 11.9. The van der Waals surface area contributed by atoms with Crippen LogP contribution in [0.25, 0.3) is 0 Å². The zero-order valence-electron chi connectivity index (χ0n) is 18.3. The number of aromatic nitrogens is 3. The Morgan fingerprint density at radius 2 is 1.87 bits per heavy atom. The smallest absolute Gasteiger partial charge is 0.255 e. The molecule has 1 atom stereocenters. The summed E-state index contributed by atoms with van der Waals surface area (Å²) in [7, 11) is 0. The standard InChI is InChI=1S/C24H27N5OS/c1-5-14-31-24-27-23-25-17(4)20(22(30)26-19-9-7-6-8-16(19)3)21(29(23)28-24)18-12-10-15(2)11-13-18/h6-13,21H,5,14H2,1-4H3,(H,26,30)(H,25,27,28). The highest BCUT2D eigenvalue weighted by Gasteiger charge is 2.34. The molecule has 1 aliphatic rings. The van der Waals surface area contributed by atoms with E-state index in [9.17, 15) is 4.79 Å². The summed E-state index contributed by atoms with van der Waals surface area (Å²) in [4.78, 5) is 18.2. The Hall–Kier alpha value is -3.06. The van der Waals surface area contributed by atoms with E-state index in [0.717, 1.165) is 39.8 Å². The van der Waals surface area contributed by atoms with Crippen LogP contribution in [-0.2, 0) is 4.79 Å². The van der Waals surface area contributed by atoms with Gasteiger partial charge < -0.3 is 10.6 Å². The van der Waals surface area contributed by atoms with E-state index in [1.807, 2.05) is 42.8 Å². The molecule has 160 valence electrons. The van der Waals surface area contributed by atoms with Gasteiger partial charge in [0.15, 0.2) is 0 Å². The first-order valence-corrected chi connectivity index (χ1v) is 11.5. The number of fused-ring (bicyclic) bond motifs is 1. The Kier molecular flexibility index (Phi) is 6.13. The van der Waals surface area contributed by atoms with Crippen LogP contribution in [0.4, 0.5) is 11.6 Å². The van der Waals surface area contributed by atoms with E-state index in [0.29, 0.717) is 11.5 Å². The minimum atomic E-state index is -0.357. The molecule has 0 saturated carbocycles. The zero-order chi connectivity index (χ0) is 22.0. The molecule has 3 aromatic rings. The number of carbonyl (C=O) groups excluding carboxylic acids is 1. The lowest BCUT2D eigenvalue weighted by Gasteiger charge is -2.29. The maximum Gasteiger partial charge on any atom is 0.255 e. The van der Waals surface area contributed by atoms with E-state index >= 15 is 0 Å². The average molecular weight is 434 g/mol. The number of nitrogens with one attached hydrogen (secondary N) is 2. The lowest BCUT2D eigenvalue weighted by molar-refractivity contribution is -0.113. The number of hydrogen-bond donors (Lipinski definition) is 2. The monoisotopic (exact) mass is 433 g/mol. The summed E-state index contributed by atoms with van der Waals surface area (Å²) in [6, 6.07) is 15.7. The van der Waals surface area contributed by atoms with Crippen molar-refractivity contribution in [3.63, 3.8) is 0 Å². The molecule has 0 radical (unpaired) electrons. The Morgan fingerprint density at radius 1 is 1.13 bits per heavy atom. The van der Waals surface area contributed by atoms with Gasteiger partial charge in [0, 0.05) is 17.1 Å². The van der Waals surface area contributed by atoms with Crippen molar-refractivity contribution < 1.29 is 4.79 Å². The first kappa shape index (κ1) is 21.2. The largest absolute Gasteiger partial charge is 0.328 e. The number of aryl methyl sites for hydroxylation is 2. The Morgan fingerprint density at radius 3 is 2.58 bits per heavy atom. The molecule has 4 rings (SSSR count). The number of amides is 1. The van der Waals surface area contributed by atoms with Crippen molar-refractivity contribution in [2.45, 2.75) is 45.3 Å². The summed E-state index contributed by atoms with van der Waals surface area (Å²) < 4.78 is 1.84. The first-order valence-electron chi connectivity index (χ1n) is 10.5. The van der Waals surface area contributed by atoms with Gasteiger partial charge in [-0.15, -0.1) is 5.10 Å². The number of nitrogens with zero attached hydrogens (tertiary/aromatic N) is 3. The van der Waals surface area contributed by atoms with Gasteiger partial charge in [-0.3, -0.25) is 4.79 Å². The highest BCUT2D eigenvalue weighted by atomic mass is 32.2. The third-order valence-corrected chi connectivity index (χ3v) is 6.34. The molecule has 2 heterocycles. The van der Waals surface area contributed by atoms with Crippen molar-refractivity contribution in [2.24, 2.45) is 0 Å². The van der Waals surface area contributed by atoms with E-state index in [4.69, 9.17) is 5.10 Å². The van der Waals surface area contributed by atoms with Gasteiger partial charge in [-0.2, -0.15) is 4.98 Å². The molecule has 1 aromatic heterocycles. The summed E-state index contributed by atoms with van der Waals surface area (Å²) in [5.41, 5.74) is 5.41. The number of carbonyl (C=O) groups is 1. The molecule has 0 aliphatic carbocycles. The number of rotatable bonds is 6. The molecule has 1 aliphatic heterocycles. The van der Waals surface area contributed by atoms with Gasteiger partial charge >= 0.3 is 0 Å². The van der Waals surface area contributed by atoms with E-state index in [-0.39, 0.29) is 11.9 Å². The maximum absolute atomic E-state index is 13.5. The molecular weight excluding hydrogens is 406 g/mol. The first-order chi connectivity index (χ1) is 15.0. The molecule has 2 aromatic carbocycles. The Bertz CT molecular complexity index is 1130. The average Bonchev–Trinajstić information content (AvgIpc) is 3.15. The van der Waals surface area contributed by atoms with Gasteiger partial charge in [0.2, 0.25) is 11.1 Å². The van der Waals surface area contributed by atoms with Crippen molar-refractivity contribution in [1.82, 2.24) is 14.8 Å². The molecule has 0 bridgehead atoms. The maximum atomic E-state index is 13.5. The molecule has 1 unspecified atom stereocenters. The molecule has 2 N–H and O–H groups in total. The topological polar surface area (TPSA) is 71.8 Å². The van der Waals surface area contributed by atoms with Gasteiger partial charge in [-0.05, 0) is 44.4 Å². The number of anilines is 2. The third kappa shape index (κ3) is 4.37. The molecule has 6 nitrogen and oxygen atoms in total. The van der Waals surface area contributed by atoms with Gasteiger partial charge in [0.05, 0.1) is 5.57 Å². The fourth-order valence-electron chi connectivity index (χ4n) is 3.64. The predicted octanol–water partition coefficient (Wildman–Crippen LogP) is 5.32. The van der Waals surface area contributed by atoms with Gasteiger partial charge in [-0.1, -0.05) is 66.7 Å². The quantitative estimate of drug-likeness (QED) is 0.515. The molecule has 1 amide bonds. The second kappa shape index (κ2) is 8.98. The van der Waals surface area contributed by atoms with Crippen molar-refractivity contribution in [3.8, 4) is 0 Å². The van der Waals surface area contributed by atoms with E-state index in [2.05, 4.69) is 53.7 Å². The second-order valence-electron chi connectivity index (χ2n) is 7.76. The number of hydrogen-bond acceptors (Lipinski definition) is 5. The lowest BCUT2D eigenvalue weighted by Crippen LogP contribution is -2.31. The minimum Gasteiger partial charge on any atom is -0.328 e. The van der Waals surface area contributed by atoms with Crippen LogP contribution in [0, 0.1) is 13.8 Å². The highest BCUT2D eigenvalue weighted by molar-refractivity contribution is 7.99. The summed E-state index contributed by atoms with van der Waals surface area (Å²) >= 11 is 1.63. The van der Waals surface area contributed by atoms with Crippen LogP contribution in [0.1, 0.15) is 43.0 Å². The highest BCUT2D eigenvalue weighted by Crippen LogP contribution is 2.37. The van der Waals surface area contributed by atoms with Gasteiger partial charge in [0.25, 0.3) is 5.91 Å². The summed E-state index contributed by atoms with van der Waals surface area (Å²) in [5.74, 6) is 1.47. The number of para-hydroxylation sites is 1. The van der Waals surface area contributed by atoms with Crippen LogP contribution < -0.4 is 10.6 Å². The van der Waals surface area contributed by atoms with Crippen LogP contribution >= 0.6 is 11.8 Å². The molecule has 7 heteroatoms. The Balaban J connectivity index is 1.76. The number of thioether (sulfide) groups is 1. The minimum absolute atomic E-state index is 0.145. The van der Waals surface area contributed by atoms with Crippen molar-refractivity contribution in [2.75, 3.05) is 16.4 Å². The molecule has 0 spiro atoms. The van der Waals surface area contributed by atoms with Gasteiger partial charge in [0.1, 0.15) is 6.04 Å². The summed E-state index contributed by atoms with van der Waals surface area (Å²) in [6.45, 7) is 8.10. The van der Waals surface area contributed by atoms with Gasteiger partial charge in [-0.25, -0.2) is 4.68 Å². The number of benzene rings is 2.